The molecule has 158 valence electrons. The first-order chi connectivity index (χ1) is 14.9. The lowest BCUT2D eigenvalue weighted by Crippen LogP contribution is -2.22. The van der Waals surface area contributed by atoms with Gasteiger partial charge in [-0.2, -0.15) is 0 Å². The number of fused-ring (bicyclic) bond motifs is 4. The van der Waals surface area contributed by atoms with E-state index in [-0.39, 0.29) is 30.2 Å². The van der Waals surface area contributed by atoms with Crippen LogP contribution in [0.2, 0.25) is 0 Å². The Bertz CT molecular complexity index is 1330. The smallest absolute Gasteiger partial charge is 0.267 e. The molecule has 1 atom stereocenters. The second kappa shape index (κ2) is 7.38. The summed E-state index contributed by atoms with van der Waals surface area (Å²) in [6.07, 6.45) is 1.10. The normalized spacial score (nSPS) is 16.5. The van der Waals surface area contributed by atoms with Gasteiger partial charge in [-0.1, -0.05) is 24.3 Å². The largest absolute Gasteiger partial charge is 0.351 e. The number of carbonyl (C=O) groups excluding carboxylic acids is 2. The number of imidazole rings is 1. The van der Waals surface area contributed by atoms with E-state index in [1.54, 1.807) is 0 Å². The highest BCUT2D eigenvalue weighted by molar-refractivity contribution is 6.03. The van der Waals surface area contributed by atoms with Gasteiger partial charge in [0, 0.05) is 35.1 Å². The summed E-state index contributed by atoms with van der Waals surface area (Å²) in [6.45, 7) is 6.99. The van der Waals surface area contributed by atoms with E-state index < -0.39 is 0 Å². The van der Waals surface area contributed by atoms with E-state index in [2.05, 4.69) is 35.2 Å². The first-order valence-electron chi connectivity index (χ1n) is 10.9. The van der Waals surface area contributed by atoms with Gasteiger partial charge in [-0.25, -0.2) is 4.98 Å². The monoisotopic (exact) mass is 414 g/mol. The zero-order valence-corrected chi connectivity index (χ0v) is 18.1. The van der Waals surface area contributed by atoms with E-state index >= 15 is 0 Å². The number of ketones is 1. The SMILES string of the molecule is CC(C)n1c(CC(=O)c2ccc3cc4n(c3c2)[C@H](C)CCNC4=O)nc2ccccc21. The summed E-state index contributed by atoms with van der Waals surface area (Å²) in [7, 11) is 0. The fourth-order valence-corrected chi connectivity index (χ4v) is 4.70. The number of nitrogens with zero attached hydrogens (tertiary/aromatic N) is 3. The molecule has 6 nitrogen and oxygen atoms in total. The number of carbonyl (C=O) groups is 2. The van der Waals surface area contributed by atoms with Crippen LogP contribution in [0.1, 0.15) is 65.9 Å². The van der Waals surface area contributed by atoms with E-state index in [1.807, 2.05) is 48.5 Å². The summed E-state index contributed by atoms with van der Waals surface area (Å²) in [4.78, 5) is 30.5. The molecule has 0 radical (unpaired) electrons. The molecule has 4 aromatic rings. The van der Waals surface area contributed by atoms with Crippen LogP contribution < -0.4 is 5.32 Å². The molecule has 0 saturated heterocycles. The van der Waals surface area contributed by atoms with Gasteiger partial charge in [0.2, 0.25) is 0 Å². The third kappa shape index (κ3) is 3.23. The summed E-state index contributed by atoms with van der Waals surface area (Å²) in [6, 6.07) is 16.0. The van der Waals surface area contributed by atoms with Crippen LogP contribution in [0, 0.1) is 0 Å². The molecular weight excluding hydrogens is 388 g/mol. The van der Waals surface area contributed by atoms with Crippen molar-refractivity contribution in [1.29, 1.82) is 0 Å². The van der Waals surface area contributed by atoms with Crippen molar-refractivity contribution < 1.29 is 9.59 Å². The van der Waals surface area contributed by atoms with Crippen molar-refractivity contribution in [2.24, 2.45) is 0 Å². The second-order valence-electron chi connectivity index (χ2n) is 8.65. The van der Waals surface area contributed by atoms with E-state index in [0.717, 1.165) is 34.2 Å². The van der Waals surface area contributed by atoms with Crippen LogP contribution in [-0.4, -0.2) is 32.4 Å². The maximum absolute atomic E-state index is 13.3. The Balaban J connectivity index is 1.55. The topological polar surface area (TPSA) is 68.9 Å². The predicted octanol–water partition coefficient (Wildman–Crippen LogP) is 4.69. The van der Waals surface area contributed by atoms with Gasteiger partial charge < -0.3 is 14.5 Å². The zero-order chi connectivity index (χ0) is 21.7. The predicted molar refractivity (Wildman–Crippen MR) is 122 cm³/mol. The maximum atomic E-state index is 13.3. The molecule has 2 aromatic heterocycles. The molecule has 0 aliphatic carbocycles. The number of nitrogens with one attached hydrogen (secondary N) is 1. The van der Waals surface area contributed by atoms with Gasteiger partial charge in [-0.15, -0.1) is 0 Å². The summed E-state index contributed by atoms with van der Waals surface area (Å²) < 4.78 is 4.21. The van der Waals surface area contributed by atoms with Crippen LogP contribution in [0.3, 0.4) is 0 Å². The van der Waals surface area contributed by atoms with Gasteiger partial charge in [-0.05, 0) is 51.5 Å². The quantitative estimate of drug-likeness (QED) is 0.493. The van der Waals surface area contributed by atoms with E-state index in [4.69, 9.17) is 4.98 Å². The Hall–Kier alpha value is -3.41. The van der Waals surface area contributed by atoms with Crippen LogP contribution >= 0.6 is 0 Å². The molecule has 31 heavy (non-hydrogen) atoms. The Kier molecular flexibility index (Phi) is 4.65. The Morgan fingerprint density at radius 1 is 1.16 bits per heavy atom. The highest BCUT2D eigenvalue weighted by Gasteiger charge is 2.24. The summed E-state index contributed by atoms with van der Waals surface area (Å²) in [5.41, 5.74) is 4.19. The number of benzene rings is 2. The lowest BCUT2D eigenvalue weighted by Gasteiger charge is -2.15. The number of Topliss-reactive ketones (excluding diaryl/α,β-unsaturated/α-hetero) is 1. The summed E-state index contributed by atoms with van der Waals surface area (Å²) in [5.74, 6) is 0.752. The maximum Gasteiger partial charge on any atom is 0.267 e. The number of aromatic nitrogens is 3. The third-order valence-corrected chi connectivity index (χ3v) is 6.19. The molecule has 0 unspecified atom stereocenters. The minimum atomic E-state index is -0.0564. The molecule has 0 saturated carbocycles. The molecular formula is C25H26N4O2. The van der Waals surface area contributed by atoms with Crippen molar-refractivity contribution >= 4 is 33.6 Å². The molecule has 1 aliphatic rings. The number of hydrogen-bond acceptors (Lipinski definition) is 3. The van der Waals surface area contributed by atoms with Gasteiger partial charge in [-0.3, -0.25) is 9.59 Å². The van der Waals surface area contributed by atoms with Gasteiger partial charge in [0.05, 0.1) is 17.5 Å². The van der Waals surface area contributed by atoms with Crippen LogP contribution in [0.4, 0.5) is 0 Å². The molecule has 3 heterocycles. The first-order valence-corrected chi connectivity index (χ1v) is 10.9. The van der Waals surface area contributed by atoms with Crippen LogP contribution in [0.5, 0.6) is 0 Å². The van der Waals surface area contributed by atoms with Crippen LogP contribution in [0.15, 0.2) is 48.5 Å². The molecule has 0 fully saturated rings. The fraction of sp³-hybridized carbons (Fsp3) is 0.320. The van der Waals surface area contributed by atoms with Crippen LogP contribution in [-0.2, 0) is 6.42 Å². The second-order valence-corrected chi connectivity index (χ2v) is 8.65. The first kappa shape index (κ1) is 19.5. The molecule has 2 aromatic carbocycles. The van der Waals surface area contributed by atoms with Crippen molar-refractivity contribution in [3.63, 3.8) is 0 Å². The average Bonchev–Trinajstić information content (AvgIpc) is 3.27. The van der Waals surface area contributed by atoms with E-state index in [1.165, 1.54) is 0 Å². The molecule has 1 amide bonds. The van der Waals surface area contributed by atoms with Gasteiger partial charge >= 0.3 is 0 Å². The average molecular weight is 415 g/mol. The fourth-order valence-electron chi connectivity index (χ4n) is 4.70. The highest BCUT2D eigenvalue weighted by atomic mass is 16.2. The number of amides is 1. The Morgan fingerprint density at radius 2 is 1.97 bits per heavy atom. The lowest BCUT2D eigenvalue weighted by atomic mass is 10.1. The Labute approximate surface area is 180 Å². The Morgan fingerprint density at radius 3 is 2.77 bits per heavy atom. The van der Waals surface area contributed by atoms with Crippen molar-refractivity contribution in [2.45, 2.75) is 45.7 Å². The third-order valence-electron chi connectivity index (χ3n) is 6.19. The van der Waals surface area contributed by atoms with Gasteiger partial charge in [0.25, 0.3) is 5.91 Å². The highest BCUT2D eigenvalue weighted by Crippen LogP contribution is 2.29. The van der Waals surface area contributed by atoms with Crippen LogP contribution in [0.25, 0.3) is 21.9 Å². The van der Waals surface area contributed by atoms with Crippen molar-refractivity contribution in [3.05, 3.63) is 65.6 Å². The minimum Gasteiger partial charge on any atom is -0.351 e. The van der Waals surface area contributed by atoms with Crippen molar-refractivity contribution in [3.8, 4) is 0 Å². The molecule has 1 aliphatic heterocycles. The molecule has 0 spiro atoms. The number of rotatable bonds is 4. The summed E-state index contributed by atoms with van der Waals surface area (Å²) in [5, 5.41) is 3.93. The van der Waals surface area contributed by atoms with Crippen molar-refractivity contribution in [2.75, 3.05) is 6.54 Å². The zero-order valence-electron chi connectivity index (χ0n) is 18.1. The van der Waals surface area contributed by atoms with E-state index in [9.17, 15) is 9.59 Å². The molecule has 6 heteroatoms. The van der Waals surface area contributed by atoms with E-state index in [0.29, 0.717) is 17.8 Å². The standard InChI is InChI=1S/C25H26N4O2/c1-15(2)28-20-7-5-4-6-19(20)27-24(28)14-23(30)18-9-8-17-12-22-25(31)26-11-10-16(3)29(22)21(17)13-18/h4-9,12-13,15-16H,10-11,14H2,1-3H3,(H,26,31)/t16-/m1/s1. The number of para-hydroxylation sites is 2. The van der Waals surface area contributed by atoms with Gasteiger partial charge in [0.1, 0.15) is 11.5 Å². The molecule has 0 bridgehead atoms. The lowest BCUT2D eigenvalue weighted by molar-refractivity contribution is 0.0950. The molecule has 1 N–H and O–H groups in total. The van der Waals surface area contributed by atoms with Crippen molar-refractivity contribution in [1.82, 2.24) is 19.4 Å². The summed E-state index contributed by atoms with van der Waals surface area (Å²) >= 11 is 0. The number of hydrogen-bond donors (Lipinski definition) is 1. The van der Waals surface area contributed by atoms with Gasteiger partial charge in [0.15, 0.2) is 5.78 Å². The minimum absolute atomic E-state index is 0.0281. The molecule has 5 rings (SSSR count).